The number of ether oxygens (including phenoxy) is 2. The first-order chi connectivity index (χ1) is 6.81. The Morgan fingerprint density at radius 2 is 2.14 bits per heavy atom. The third kappa shape index (κ3) is 1.45. The van der Waals surface area contributed by atoms with E-state index in [2.05, 4.69) is 10.0 Å². The molecular formula is C9H9N3O2. The minimum atomic E-state index is 0.534. The Hall–Kier alpha value is -1.87. The van der Waals surface area contributed by atoms with E-state index in [4.69, 9.17) is 15.0 Å². The fraction of sp³-hybridized carbons (Fsp3) is 0.333. The van der Waals surface area contributed by atoms with Crippen LogP contribution in [0.15, 0.2) is 17.2 Å². The summed E-state index contributed by atoms with van der Waals surface area (Å²) in [7, 11) is 0. The molecule has 0 atom stereocenters. The van der Waals surface area contributed by atoms with Gasteiger partial charge in [-0.05, 0) is 30.2 Å². The van der Waals surface area contributed by atoms with E-state index >= 15 is 0 Å². The maximum Gasteiger partial charge on any atom is 0.164 e. The molecule has 0 fully saturated rings. The molecular weight excluding hydrogens is 182 g/mol. The van der Waals surface area contributed by atoms with Crippen molar-refractivity contribution < 1.29 is 9.47 Å². The molecule has 5 heteroatoms. The van der Waals surface area contributed by atoms with Crippen LogP contribution in [-0.2, 0) is 0 Å². The van der Waals surface area contributed by atoms with Gasteiger partial charge in [-0.25, -0.2) is 0 Å². The summed E-state index contributed by atoms with van der Waals surface area (Å²) in [5.41, 5.74) is 9.77. The maximum absolute atomic E-state index is 8.30. The Bertz CT molecular complexity index is 411. The first-order valence-corrected chi connectivity index (χ1v) is 4.26. The second-order valence-electron chi connectivity index (χ2n) is 2.98. The Balaban J connectivity index is 2.51. The van der Waals surface area contributed by atoms with Gasteiger partial charge in [0, 0.05) is 10.6 Å². The molecule has 0 spiro atoms. The van der Waals surface area contributed by atoms with Crippen LogP contribution in [0.5, 0.6) is 11.5 Å². The van der Waals surface area contributed by atoms with Crippen molar-refractivity contribution in [1.29, 1.82) is 0 Å². The zero-order valence-corrected chi connectivity index (χ0v) is 7.73. The molecule has 14 heavy (non-hydrogen) atoms. The molecule has 0 unspecified atom stereocenters. The Kier molecular flexibility index (Phi) is 2.16. The minimum absolute atomic E-state index is 0.534. The van der Waals surface area contributed by atoms with Crippen LogP contribution in [0.25, 0.3) is 10.4 Å². The number of rotatable bonds is 1. The molecule has 1 aromatic rings. The van der Waals surface area contributed by atoms with Crippen LogP contribution in [0.1, 0.15) is 5.56 Å². The van der Waals surface area contributed by atoms with Crippen LogP contribution in [-0.4, -0.2) is 13.2 Å². The van der Waals surface area contributed by atoms with Crippen LogP contribution in [0.3, 0.4) is 0 Å². The normalized spacial score (nSPS) is 13.2. The topological polar surface area (TPSA) is 67.2 Å². The molecule has 0 aromatic heterocycles. The summed E-state index contributed by atoms with van der Waals surface area (Å²) in [6.45, 7) is 2.99. The lowest BCUT2D eigenvalue weighted by molar-refractivity contribution is 0.170. The predicted octanol–water partition coefficient (Wildman–Crippen LogP) is 2.71. The lowest BCUT2D eigenvalue weighted by Crippen LogP contribution is -2.15. The van der Waals surface area contributed by atoms with Crippen molar-refractivity contribution in [1.82, 2.24) is 0 Å². The van der Waals surface area contributed by atoms with Crippen molar-refractivity contribution in [3.8, 4) is 11.5 Å². The lowest BCUT2D eigenvalue weighted by atomic mass is 10.2. The first-order valence-electron chi connectivity index (χ1n) is 4.26. The summed E-state index contributed by atoms with van der Waals surface area (Å²) in [6.07, 6.45) is 0. The van der Waals surface area contributed by atoms with Gasteiger partial charge in [-0.2, -0.15) is 0 Å². The van der Waals surface area contributed by atoms with Crippen LogP contribution in [0.4, 0.5) is 5.69 Å². The molecule has 1 aliphatic heterocycles. The van der Waals surface area contributed by atoms with Gasteiger partial charge in [-0.15, -0.1) is 0 Å². The van der Waals surface area contributed by atoms with Crippen LogP contribution >= 0.6 is 0 Å². The van der Waals surface area contributed by atoms with Gasteiger partial charge >= 0.3 is 0 Å². The predicted molar refractivity (Wildman–Crippen MR) is 51.0 cm³/mol. The Labute approximate surface area is 80.9 Å². The second kappa shape index (κ2) is 3.47. The van der Waals surface area contributed by atoms with E-state index in [0.717, 1.165) is 11.3 Å². The summed E-state index contributed by atoms with van der Waals surface area (Å²) in [6, 6.07) is 3.45. The van der Waals surface area contributed by atoms with E-state index in [9.17, 15) is 0 Å². The fourth-order valence-electron chi connectivity index (χ4n) is 1.42. The molecule has 0 saturated carbocycles. The highest BCUT2D eigenvalue weighted by atomic mass is 16.6. The molecule has 0 aliphatic carbocycles. The molecule has 0 saturated heterocycles. The third-order valence-corrected chi connectivity index (χ3v) is 1.97. The molecule has 2 rings (SSSR count). The molecule has 5 nitrogen and oxygen atoms in total. The van der Waals surface area contributed by atoms with Gasteiger partial charge in [0.25, 0.3) is 0 Å². The average molecular weight is 191 g/mol. The molecule has 0 radical (unpaired) electrons. The zero-order chi connectivity index (χ0) is 9.97. The third-order valence-electron chi connectivity index (χ3n) is 1.97. The maximum atomic E-state index is 8.30. The van der Waals surface area contributed by atoms with Gasteiger partial charge < -0.3 is 9.47 Å². The molecule has 72 valence electrons. The summed E-state index contributed by atoms with van der Waals surface area (Å²) in [5, 5.41) is 3.52. The lowest BCUT2D eigenvalue weighted by Gasteiger charge is -2.20. The molecule has 1 aromatic carbocycles. The van der Waals surface area contributed by atoms with E-state index in [1.807, 2.05) is 6.92 Å². The van der Waals surface area contributed by atoms with E-state index in [-0.39, 0.29) is 0 Å². The Morgan fingerprint density at radius 3 is 2.93 bits per heavy atom. The van der Waals surface area contributed by atoms with E-state index in [0.29, 0.717) is 24.7 Å². The summed E-state index contributed by atoms with van der Waals surface area (Å²) < 4.78 is 10.8. The second-order valence-corrected chi connectivity index (χ2v) is 2.98. The van der Waals surface area contributed by atoms with Crippen LogP contribution < -0.4 is 9.47 Å². The highest BCUT2D eigenvalue weighted by molar-refractivity contribution is 5.56. The van der Waals surface area contributed by atoms with E-state index < -0.39 is 0 Å². The highest BCUT2D eigenvalue weighted by Crippen LogP contribution is 2.37. The minimum Gasteiger partial charge on any atom is -0.486 e. The largest absolute Gasteiger partial charge is 0.486 e. The van der Waals surface area contributed by atoms with Crippen LogP contribution in [0.2, 0.25) is 0 Å². The van der Waals surface area contributed by atoms with E-state index in [1.54, 1.807) is 12.1 Å². The average Bonchev–Trinajstić information content (AvgIpc) is 2.18. The summed E-state index contributed by atoms with van der Waals surface area (Å²) >= 11 is 0. The van der Waals surface area contributed by atoms with Gasteiger partial charge in [-0.1, -0.05) is 5.11 Å². The molecule has 1 aliphatic rings. The smallest absolute Gasteiger partial charge is 0.164 e. The summed E-state index contributed by atoms with van der Waals surface area (Å²) in [5.74, 6) is 1.40. The number of hydrogen-bond donors (Lipinski definition) is 0. The van der Waals surface area contributed by atoms with Gasteiger partial charge in [0.05, 0.1) is 0 Å². The molecule has 0 bridgehead atoms. The van der Waals surface area contributed by atoms with Crippen LogP contribution in [0, 0.1) is 6.92 Å². The first kappa shape index (κ1) is 8.72. The Morgan fingerprint density at radius 1 is 1.36 bits per heavy atom. The van der Waals surface area contributed by atoms with Crippen molar-refractivity contribution >= 4 is 5.69 Å². The standard InChI is InChI=1S/C9H9N3O2/c1-6-4-7(11-12-10)5-8-9(6)14-3-2-13-8/h4-5H,2-3H2,1H3. The highest BCUT2D eigenvalue weighted by Gasteiger charge is 2.14. The molecule has 0 N–H and O–H groups in total. The number of azide groups is 1. The van der Waals surface area contributed by atoms with Gasteiger partial charge in [0.2, 0.25) is 0 Å². The molecule has 0 amide bonds. The fourth-order valence-corrected chi connectivity index (χ4v) is 1.42. The van der Waals surface area contributed by atoms with Gasteiger partial charge in [0.1, 0.15) is 13.2 Å². The van der Waals surface area contributed by atoms with Crippen molar-refractivity contribution in [2.45, 2.75) is 6.92 Å². The van der Waals surface area contributed by atoms with Crippen molar-refractivity contribution in [2.75, 3.05) is 13.2 Å². The van der Waals surface area contributed by atoms with Crippen molar-refractivity contribution in [3.63, 3.8) is 0 Å². The number of fused-ring (bicyclic) bond motifs is 1. The number of nitrogens with zero attached hydrogens (tertiary/aromatic N) is 3. The van der Waals surface area contributed by atoms with Gasteiger partial charge in [0.15, 0.2) is 11.5 Å². The monoisotopic (exact) mass is 191 g/mol. The van der Waals surface area contributed by atoms with Gasteiger partial charge in [-0.3, -0.25) is 0 Å². The number of benzene rings is 1. The quantitative estimate of drug-likeness (QED) is 0.389. The number of hydrogen-bond acceptors (Lipinski definition) is 3. The zero-order valence-electron chi connectivity index (χ0n) is 7.73. The molecule has 1 heterocycles. The number of aryl methyl sites for hydroxylation is 1. The van der Waals surface area contributed by atoms with E-state index in [1.165, 1.54) is 0 Å². The van der Waals surface area contributed by atoms with Crippen molar-refractivity contribution in [2.24, 2.45) is 5.11 Å². The van der Waals surface area contributed by atoms with Crippen molar-refractivity contribution in [3.05, 3.63) is 28.1 Å². The summed E-state index contributed by atoms with van der Waals surface area (Å²) in [4.78, 5) is 2.72. The SMILES string of the molecule is Cc1cc(N=[N+]=[N-])cc2c1OCCO2.